The predicted octanol–water partition coefficient (Wildman–Crippen LogP) is 23.0. The summed E-state index contributed by atoms with van der Waals surface area (Å²) in [6, 6.07) is 39.3. The van der Waals surface area contributed by atoms with Crippen molar-refractivity contribution in [1.29, 1.82) is 0 Å². The summed E-state index contributed by atoms with van der Waals surface area (Å²) in [5.41, 5.74) is 5.36. The van der Waals surface area contributed by atoms with Gasteiger partial charge in [0, 0.05) is 45.5 Å². The topological polar surface area (TPSA) is 105 Å². The molecule has 22 atom stereocenters. The molecule has 0 radical (unpaired) electrons. The number of hydrogen-bond acceptors (Lipinski definition) is 10. The number of esters is 4. The van der Waals surface area contributed by atoms with Crippen molar-refractivity contribution in [2.75, 3.05) is 0 Å². The summed E-state index contributed by atoms with van der Waals surface area (Å²) in [7, 11) is 0. The minimum absolute atomic E-state index is 0.0285. The van der Waals surface area contributed by atoms with Gasteiger partial charge in [-0.3, -0.25) is 19.2 Å². The Hall–Kier alpha value is -5.10. The number of aryl methyl sites for hydroxylation is 2. The molecule has 8 aliphatic rings. The van der Waals surface area contributed by atoms with Gasteiger partial charge in [-0.1, -0.05) is 158 Å². The lowest BCUT2D eigenvalue weighted by atomic mass is 9.74. The van der Waals surface area contributed by atoms with Gasteiger partial charge >= 0.3 is 23.9 Å². The highest BCUT2D eigenvalue weighted by Crippen LogP contribution is 2.59. The van der Waals surface area contributed by atoms with Gasteiger partial charge < -0.3 is 18.9 Å². The van der Waals surface area contributed by atoms with Crippen LogP contribution in [0.15, 0.2) is 130 Å². The van der Waals surface area contributed by atoms with E-state index in [0.717, 1.165) is 125 Å². The summed E-state index contributed by atoms with van der Waals surface area (Å²) >= 11 is 12.5. The molecule has 99 heavy (non-hydrogen) atoms. The third-order valence-corrected chi connectivity index (χ3v) is 28.8. The summed E-state index contributed by atoms with van der Waals surface area (Å²) in [6.45, 7) is 34.9. The molecule has 0 N–H and O–H groups in total. The van der Waals surface area contributed by atoms with Gasteiger partial charge in [0.15, 0.2) is 0 Å². The van der Waals surface area contributed by atoms with Crippen molar-refractivity contribution in [3.8, 4) is 0 Å². The molecule has 8 saturated carbocycles. The number of hydrogen-bond donors (Lipinski definition) is 2. The van der Waals surface area contributed by atoms with Crippen molar-refractivity contribution < 1.29 is 38.1 Å². The second kappa shape index (κ2) is 31.1. The normalized spacial score (nSPS) is 31.9. The smallest absolute Gasteiger partial charge is 0.306 e. The fraction of sp³-hybridized carbons (Fsp3) is 0.591. The highest BCUT2D eigenvalue weighted by Gasteiger charge is 2.53. The SMILES string of the molecule is CC(OC(=O)CC1CC2CC1C(C)C2C)c1ccc2ccccc2c1Br.CC1C2CC(CC(=O)OC(C)(C)c3cc(S)cc(S)c3)C(C2)C1C.Cc1ccc(C(C)(C)OC(=O)CC2CC3CC2C(C)C3C)cc1.Cc1ccc2ccc(C(C)OC(=O)CC3CC4CC3C(C)C4C)cc2c1. The van der Waals surface area contributed by atoms with Crippen molar-refractivity contribution in [3.63, 3.8) is 0 Å². The maximum absolute atomic E-state index is 12.6. The summed E-state index contributed by atoms with van der Waals surface area (Å²) in [4.78, 5) is 51.8. The number of carbonyl (C=O) groups excluding carboxylic acids is 4. The maximum atomic E-state index is 12.6. The third kappa shape index (κ3) is 16.9. The van der Waals surface area contributed by atoms with Crippen LogP contribution in [0.5, 0.6) is 0 Å². The maximum Gasteiger partial charge on any atom is 0.306 e. The van der Waals surface area contributed by atoms with Crippen LogP contribution in [-0.2, 0) is 49.3 Å². The van der Waals surface area contributed by atoms with Crippen LogP contribution in [0.1, 0.15) is 220 Å². The number of halogens is 1. The van der Waals surface area contributed by atoms with Gasteiger partial charge in [0.25, 0.3) is 0 Å². The van der Waals surface area contributed by atoms with Crippen LogP contribution >= 0.6 is 41.2 Å². The molecule has 6 aromatic carbocycles. The highest BCUT2D eigenvalue weighted by atomic mass is 79.9. The number of benzene rings is 6. The second-order valence-corrected chi connectivity index (χ2v) is 35.8. The molecule has 0 aromatic heterocycles. The first kappa shape index (κ1) is 75.1. The molecule has 22 unspecified atom stereocenters. The minimum Gasteiger partial charge on any atom is -0.458 e. The monoisotopic (exact) mass is 1440 g/mol. The van der Waals surface area contributed by atoms with Crippen LogP contribution in [0, 0.1) is 132 Å². The molecule has 0 saturated heterocycles. The molecule has 8 bridgehead atoms. The molecule has 0 heterocycles. The molecule has 8 fully saturated rings. The summed E-state index contributed by atoms with van der Waals surface area (Å²) in [5, 5.41) is 4.78. The van der Waals surface area contributed by atoms with Crippen LogP contribution in [-0.4, -0.2) is 23.9 Å². The van der Waals surface area contributed by atoms with E-state index in [1.807, 2.05) is 71.9 Å². The Balaban J connectivity index is 0.000000134. The molecule has 0 spiro atoms. The highest BCUT2D eigenvalue weighted by molar-refractivity contribution is 9.10. The molecule has 11 heteroatoms. The number of carbonyl (C=O) groups is 4. The van der Waals surface area contributed by atoms with E-state index in [4.69, 9.17) is 18.9 Å². The second-order valence-electron chi connectivity index (χ2n) is 33.9. The van der Waals surface area contributed by atoms with Crippen LogP contribution < -0.4 is 0 Å². The van der Waals surface area contributed by atoms with Gasteiger partial charge in [0.05, 0.1) is 0 Å². The molecular weight excluding hydrogens is 1330 g/mol. The van der Waals surface area contributed by atoms with E-state index in [9.17, 15) is 19.2 Å². The largest absolute Gasteiger partial charge is 0.458 e. The quantitative estimate of drug-likeness (QED) is 0.0561. The first-order chi connectivity index (χ1) is 46.8. The fourth-order valence-electron chi connectivity index (χ4n) is 20.7. The molecular formula is C88H115BrO8S2. The van der Waals surface area contributed by atoms with E-state index < -0.39 is 11.2 Å². The van der Waals surface area contributed by atoms with Crippen molar-refractivity contribution in [1.82, 2.24) is 0 Å². The third-order valence-electron chi connectivity index (χ3n) is 27.4. The summed E-state index contributed by atoms with van der Waals surface area (Å²) in [5.74, 6) is 14.3. The lowest BCUT2D eigenvalue weighted by molar-refractivity contribution is -0.160. The van der Waals surface area contributed by atoms with E-state index in [2.05, 4.69) is 195 Å². The van der Waals surface area contributed by atoms with Crippen molar-refractivity contribution in [2.24, 2.45) is 118 Å². The predicted molar refractivity (Wildman–Crippen MR) is 410 cm³/mol. The summed E-state index contributed by atoms with van der Waals surface area (Å²) < 4.78 is 24.4. The van der Waals surface area contributed by atoms with E-state index in [1.54, 1.807) is 0 Å². The fourth-order valence-corrected chi connectivity index (χ4v) is 22.1. The minimum atomic E-state index is -0.663. The Morgan fingerprint density at radius 3 is 1.26 bits per heavy atom. The lowest BCUT2D eigenvalue weighted by Gasteiger charge is -2.32. The van der Waals surface area contributed by atoms with E-state index in [1.165, 1.54) is 78.7 Å². The Morgan fingerprint density at radius 1 is 0.424 bits per heavy atom. The molecule has 0 amide bonds. The van der Waals surface area contributed by atoms with Gasteiger partial charge in [-0.15, -0.1) is 25.3 Å². The van der Waals surface area contributed by atoms with Gasteiger partial charge in [-0.05, 0) is 304 Å². The number of thiol groups is 2. The van der Waals surface area contributed by atoms with E-state index >= 15 is 0 Å². The first-order valence-corrected chi connectivity index (χ1v) is 39.6. The molecule has 534 valence electrons. The Bertz CT molecular complexity index is 3830. The molecule has 14 rings (SSSR count). The van der Waals surface area contributed by atoms with Crippen molar-refractivity contribution >= 4 is 86.6 Å². The van der Waals surface area contributed by atoms with Gasteiger partial charge in [-0.25, -0.2) is 0 Å². The van der Waals surface area contributed by atoms with Gasteiger partial charge in [-0.2, -0.15) is 0 Å². The van der Waals surface area contributed by atoms with Crippen LogP contribution in [0.25, 0.3) is 21.5 Å². The van der Waals surface area contributed by atoms with Gasteiger partial charge in [0.2, 0.25) is 0 Å². The molecule has 8 aliphatic carbocycles. The average molecular weight is 1440 g/mol. The zero-order chi connectivity index (χ0) is 71.3. The van der Waals surface area contributed by atoms with Crippen molar-refractivity contribution in [2.45, 2.75) is 221 Å². The Labute approximate surface area is 613 Å². The zero-order valence-electron chi connectivity index (χ0n) is 62.2. The molecule has 0 aliphatic heterocycles. The number of rotatable bonds is 16. The van der Waals surface area contributed by atoms with Crippen molar-refractivity contribution in [3.05, 3.63) is 153 Å². The standard InChI is InChI=1S/C24H30O2.C23H27BrO2.C21H30O2.C20H28O2S2/c1-14-5-6-18-7-8-19(10-21(18)9-14)17(4)26-24(25)13-22-11-20-12-23(22)16(3)15(20)2;1-13-14(2)21-11-17(13)10-18(21)12-22(25)26-15(3)19-9-8-16-6-4-5-7-20(16)23(19)24;1-13-6-8-18(9-7-13)21(4,5)23-20(22)12-17-10-16-11-19(17)15(3)14(16)2;1-11-12(2)18-6-13(11)5-14(18)7-19(21)22-20(3,4)15-8-16(23)10-17(24)9-15/h5-10,15-17,20,22-23H,11-13H2,1-4H3;4-9,13-15,17-18,21H,10-12H2,1-3H3;6-9,14-17,19H,10-12H2,1-5H3;8-14,18,23-24H,5-7H2,1-4H3. The first-order valence-electron chi connectivity index (χ1n) is 37.9. The zero-order valence-corrected chi connectivity index (χ0v) is 65.6. The average Bonchev–Trinajstić information content (AvgIpc) is 1.64. The van der Waals surface area contributed by atoms with E-state index in [-0.39, 0.29) is 36.1 Å². The van der Waals surface area contributed by atoms with Crippen LogP contribution in [0.4, 0.5) is 0 Å². The lowest BCUT2D eigenvalue weighted by Crippen LogP contribution is -2.30. The van der Waals surface area contributed by atoms with E-state index in [0.29, 0.717) is 61.2 Å². The molecule has 6 aromatic rings. The molecule has 8 nitrogen and oxygen atoms in total. The number of fused-ring (bicyclic) bond motifs is 10. The number of ether oxygens (including phenoxy) is 4. The Kier molecular flexibility index (Phi) is 23.6. The van der Waals surface area contributed by atoms with Gasteiger partial charge in [0.1, 0.15) is 23.4 Å². The summed E-state index contributed by atoms with van der Waals surface area (Å²) in [6.07, 6.45) is 12.0. The Morgan fingerprint density at radius 2 is 0.818 bits per heavy atom. The van der Waals surface area contributed by atoms with Crippen LogP contribution in [0.2, 0.25) is 0 Å². The van der Waals surface area contributed by atoms with Crippen LogP contribution in [0.3, 0.4) is 0 Å².